The van der Waals surface area contributed by atoms with E-state index in [1.807, 2.05) is 44.1 Å². The van der Waals surface area contributed by atoms with Gasteiger partial charge < -0.3 is 15.0 Å². The van der Waals surface area contributed by atoms with Gasteiger partial charge in [0.25, 0.3) is 5.91 Å². The molecule has 1 amide bonds. The summed E-state index contributed by atoms with van der Waals surface area (Å²) >= 11 is 0. The second kappa shape index (κ2) is 5.61. The molecule has 19 heavy (non-hydrogen) atoms. The Morgan fingerprint density at radius 1 is 1.42 bits per heavy atom. The minimum atomic E-state index is -0.317. The Morgan fingerprint density at radius 3 is 2.74 bits per heavy atom. The van der Waals surface area contributed by atoms with Crippen molar-refractivity contribution in [2.75, 3.05) is 30.9 Å². The molecule has 2 rings (SSSR count). The molecule has 0 spiro atoms. The lowest BCUT2D eigenvalue weighted by Crippen LogP contribution is -2.31. The predicted octanol–water partition coefficient (Wildman–Crippen LogP) is 2.42. The molecular weight excluding hydrogens is 240 g/mol. The van der Waals surface area contributed by atoms with Gasteiger partial charge in [0.1, 0.15) is 6.10 Å². The molecule has 1 heterocycles. The summed E-state index contributed by atoms with van der Waals surface area (Å²) in [5.41, 5.74) is 3.04. The molecule has 0 radical (unpaired) electrons. The van der Waals surface area contributed by atoms with Crippen LogP contribution >= 0.6 is 0 Å². The quantitative estimate of drug-likeness (QED) is 0.909. The average Bonchev–Trinajstić information content (AvgIpc) is 2.77. The Kier molecular flexibility index (Phi) is 4.10. The smallest absolute Gasteiger partial charge is 0.253 e. The van der Waals surface area contributed by atoms with E-state index in [1.54, 1.807) is 0 Å². The number of nitrogens with one attached hydrogen (secondary N) is 1. The Bertz CT molecular complexity index is 471. The zero-order valence-electron chi connectivity index (χ0n) is 12.1. The van der Waals surface area contributed by atoms with Gasteiger partial charge in [0.15, 0.2) is 0 Å². The molecule has 1 aliphatic heterocycles. The van der Waals surface area contributed by atoms with E-state index in [4.69, 9.17) is 4.74 Å². The van der Waals surface area contributed by atoms with Crippen molar-refractivity contribution in [3.63, 3.8) is 0 Å². The third-order valence-electron chi connectivity index (χ3n) is 3.69. The number of benzene rings is 1. The first-order valence-corrected chi connectivity index (χ1v) is 6.70. The maximum Gasteiger partial charge on any atom is 0.253 e. The SMILES string of the molecule is Cc1c(NC(=O)[C@H]2OCC[C@H]2C)cccc1N(C)C. The number of hydrogen-bond acceptors (Lipinski definition) is 3. The van der Waals surface area contributed by atoms with Gasteiger partial charge in [-0.1, -0.05) is 13.0 Å². The van der Waals surface area contributed by atoms with Crippen molar-refractivity contribution in [3.05, 3.63) is 23.8 Å². The number of anilines is 2. The fraction of sp³-hybridized carbons (Fsp3) is 0.533. The summed E-state index contributed by atoms with van der Waals surface area (Å²) in [6, 6.07) is 5.93. The number of ether oxygens (including phenoxy) is 1. The zero-order valence-corrected chi connectivity index (χ0v) is 12.1. The van der Waals surface area contributed by atoms with Crippen LogP contribution in [0.3, 0.4) is 0 Å². The average molecular weight is 262 g/mol. The molecule has 2 atom stereocenters. The molecule has 1 N–H and O–H groups in total. The van der Waals surface area contributed by atoms with E-state index >= 15 is 0 Å². The van der Waals surface area contributed by atoms with Crippen LogP contribution in [-0.2, 0) is 9.53 Å². The summed E-state index contributed by atoms with van der Waals surface area (Å²) in [6.07, 6.45) is 0.636. The van der Waals surface area contributed by atoms with Gasteiger partial charge in [0.2, 0.25) is 0 Å². The third kappa shape index (κ3) is 2.89. The summed E-state index contributed by atoms with van der Waals surface area (Å²) in [4.78, 5) is 14.3. The Morgan fingerprint density at radius 2 is 2.16 bits per heavy atom. The lowest BCUT2D eigenvalue weighted by molar-refractivity contribution is -0.126. The third-order valence-corrected chi connectivity index (χ3v) is 3.69. The van der Waals surface area contributed by atoms with Crippen LogP contribution in [0.2, 0.25) is 0 Å². The van der Waals surface area contributed by atoms with Gasteiger partial charge in [-0.3, -0.25) is 4.79 Å². The fourth-order valence-electron chi connectivity index (χ4n) is 2.48. The molecule has 104 valence electrons. The molecule has 0 aliphatic carbocycles. The van der Waals surface area contributed by atoms with Crippen molar-refractivity contribution in [3.8, 4) is 0 Å². The molecule has 1 saturated heterocycles. The highest BCUT2D eigenvalue weighted by atomic mass is 16.5. The van der Waals surface area contributed by atoms with Crippen molar-refractivity contribution in [1.29, 1.82) is 0 Å². The Hall–Kier alpha value is -1.55. The summed E-state index contributed by atoms with van der Waals surface area (Å²) in [6.45, 7) is 4.75. The second-order valence-corrected chi connectivity index (χ2v) is 5.39. The van der Waals surface area contributed by atoms with E-state index in [9.17, 15) is 4.79 Å². The summed E-state index contributed by atoms with van der Waals surface area (Å²) in [5, 5.41) is 2.99. The molecule has 1 aliphatic rings. The largest absolute Gasteiger partial charge is 0.377 e. The number of amides is 1. The molecule has 1 fully saturated rings. The highest BCUT2D eigenvalue weighted by molar-refractivity contribution is 5.95. The van der Waals surface area contributed by atoms with Crippen LogP contribution in [0.25, 0.3) is 0 Å². The normalized spacial score (nSPS) is 22.3. The summed E-state index contributed by atoms with van der Waals surface area (Å²) in [5.74, 6) is 0.251. The number of nitrogens with zero attached hydrogens (tertiary/aromatic N) is 1. The van der Waals surface area contributed by atoms with Gasteiger partial charge in [0.05, 0.1) is 0 Å². The standard InChI is InChI=1S/C15H22N2O2/c1-10-8-9-19-14(10)15(18)16-12-6-5-7-13(11(12)2)17(3)4/h5-7,10,14H,8-9H2,1-4H3,(H,16,18)/t10-,14+/m1/s1. The van der Waals surface area contributed by atoms with Crippen LogP contribution in [0.4, 0.5) is 11.4 Å². The lowest BCUT2D eigenvalue weighted by atomic mass is 10.0. The zero-order chi connectivity index (χ0) is 14.0. The van der Waals surface area contributed by atoms with Gasteiger partial charge in [-0.05, 0) is 37.0 Å². The van der Waals surface area contributed by atoms with Crippen LogP contribution in [0.5, 0.6) is 0 Å². The van der Waals surface area contributed by atoms with E-state index in [-0.39, 0.29) is 17.9 Å². The maximum atomic E-state index is 12.2. The summed E-state index contributed by atoms with van der Waals surface area (Å²) < 4.78 is 5.49. The molecule has 0 saturated carbocycles. The van der Waals surface area contributed by atoms with Crippen LogP contribution in [-0.4, -0.2) is 32.7 Å². The first-order chi connectivity index (χ1) is 9.00. The first-order valence-electron chi connectivity index (χ1n) is 6.70. The van der Waals surface area contributed by atoms with Crippen LogP contribution < -0.4 is 10.2 Å². The number of rotatable bonds is 3. The minimum Gasteiger partial charge on any atom is -0.377 e. The number of hydrogen-bond donors (Lipinski definition) is 1. The summed E-state index contributed by atoms with van der Waals surface area (Å²) in [7, 11) is 3.99. The maximum absolute atomic E-state index is 12.2. The molecule has 4 nitrogen and oxygen atoms in total. The highest BCUT2D eigenvalue weighted by Gasteiger charge is 2.31. The molecule has 1 aromatic carbocycles. The van der Waals surface area contributed by atoms with Crippen LogP contribution in [0.15, 0.2) is 18.2 Å². The van der Waals surface area contributed by atoms with E-state index in [1.165, 1.54) is 0 Å². The van der Waals surface area contributed by atoms with Gasteiger partial charge in [0, 0.05) is 32.1 Å². The minimum absolute atomic E-state index is 0.0380. The topological polar surface area (TPSA) is 41.6 Å². The fourth-order valence-corrected chi connectivity index (χ4v) is 2.48. The molecule has 4 heteroatoms. The van der Waals surface area contributed by atoms with E-state index in [2.05, 4.69) is 12.2 Å². The second-order valence-electron chi connectivity index (χ2n) is 5.39. The van der Waals surface area contributed by atoms with Crippen LogP contribution in [0, 0.1) is 12.8 Å². The number of carbonyl (C=O) groups excluding carboxylic acids is 1. The Labute approximate surface area is 114 Å². The molecule has 1 aromatic rings. The van der Waals surface area contributed by atoms with Crippen molar-refractivity contribution in [1.82, 2.24) is 0 Å². The monoisotopic (exact) mass is 262 g/mol. The van der Waals surface area contributed by atoms with Gasteiger partial charge in [-0.15, -0.1) is 0 Å². The number of carbonyl (C=O) groups is 1. The van der Waals surface area contributed by atoms with Crippen molar-refractivity contribution in [2.24, 2.45) is 5.92 Å². The van der Waals surface area contributed by atoms with Crippen LogP contribution in [0.1, 0.15) is 18.9 Å². The van der Waals surface area contributed by atoms with Crippen molar-refractivity contribution < 1.29 is 9.53 Å². The molecular formula is C15H22N2O2. The van der Waals surface area contributed by atoms with E-state index in [0.29, 0.717) is 6.61 Å². The molecule has 0 aromatic heterocycles. The lowest BCUT2D eigenvalue weighted by Gasteiger charge is -2.20. The Balaban J connectivity index is 2.15. The van der Waals surface area contributed by atoms with E-state index in [0.717, 1.165) is 23.4 Å². The molecule has 0 unspecified atom stereocenters. The van der Waals surface area contributed by atoms with Gasteiger partial charge >= 0.3 is 0 Å². The predicted molar refractivity (Wildman–Crippen MR) is 77.7 cm³/mol. The van der Waals surface area contributed by atoms with Gasteiger partial charge in [-0.25, -0.2) is 0 Å². The van der Waals surface area contributed by atoms with Gasteiger partial charge in [-0.2, -0.15) is 0 Å². The highest BCUT2D eigenvalue weighted by Crippen LogP contribution is 2.27. The first kappa shape index (κ1) is 13.9. The van der Waals surface area contributed by atoms with E-state index < -0.39 is 0 Å². The van der Waals surface area contributed by atoms with Crippen molar-refractivity contribution >= 4 is 17.3 Å². The van der Waals surface area contributed by atoms with Crippen molar-refractivity contribution in [2.45, 2.75) is 26.4 Å². The molecule has 0 bridgehead atoms.